The highest BCUT2D eigenvalue weighted by Gasteiger charge is 1.99. The topological polar surface area (TPSA) is 75.7 Å². The van der Waals surface area contributed by atoms with Crippen LogP contribution < -0.4 is 5.73 Å². The molecule has 4 nitrogen and oxygen atoms in total. The molecule has 0 aliphatic rings. The Labute approximate surface area is 82.1 Å². The lowest BCUT2D eigenvalue weighted by Gasteiger charge is -1.97. The van der Waals surface area contributed by atoms with E-state index in [0.29, 0.717) is 5.84 Å². The number of hydrogen-bond donors (Lipinski definition) is 2. The summed E-state index contributed by atoms with van der Waals surface area (Å²) in [5.74, 6) is -0.519. The predicted octanol–water partition coefficient (Wildman–Crippen LogP) is 1.54. The van der Waals surface area contributed by atoms with Gasteiger partial charge in [0.25, 0.3) is 0 Å². The van der Waals surface area contributed by atoms with E-state index in [0.717, 1.165) is 5.69 Å². The summed E-state index contributed by atoms with van der Waals surface area (Å²) in [6.45, 7) is 0. The maximum absolute atomic E-state index is 10.2. The van der Waals surface area contributed by atoms with Crippen LogP contribution in [0.5, 0.6) is 0 Å². The number of carbonyl (C=O) groups is 1. The van der Waals surface area contributed by atoms with Crippen molar-refractivity contribution in [1.29, 1.82) is 0 Å². The first-order chi connectivity index (χ1) is 6.68. The third kappa shape index (κ3) is 3.71. The average Bonchev–Trinajstić information content (AvgIpc) is 2.16. The summed E-state index contributed by atoms with van der Waals surface area (Å²) in [4.78, 5) is 14.3. The summed E-state index contributed by atoms with van der Waals surface area (Å²) in [5, 5.41) is 8.42. The van der Waals surface area contributed by atoms with Crippen LogP contribution in [0, 0.1) is 0 Å². The SMILES string of the molecule is NC(CCC(=O)O)=Nc1ccccc1. The molecule has 0 amide bonds. The number of hydrogen-bond acceptors (Lipinski definition) is 2. The number of amidine groups is 1. The molecule has 0 saturated heterocycles. The van der Waals surface area contributed by atoms with Crippen molar-refractivity contribution in [3.8, 4) is 0 Å². The molecule has 0 aliphatic carbocycles. The summed E-state index contributed by atoms with van der Waals surface area (Å²) >= 11 is 0. The smallest absolute Gasteiger partial charge is 0.303 e. The Morgan fingerprint density at radius 3 is 2.50 bits per heavy atom. The summed E-state index contributed by atoms with van der Waals surface area (Å²) in [5.41, 5.74) is 6.29. The van der Waals surface area contributed by atoms with Gasteiger partial charge in [-0.05, 0) is 12.1 Å². The maximum atomic E-state index is 10.2. The van der Waals surface area contributed by atoms with Crippen LogP contribution in [0.1, 0.15) is 12.8 Å². The Morgan fingerprint density at radius 2 is 1.93 bits per heavy atom. The van der Waals surface area contributed by atoms with Gasteiger partial charge >= 0.3 is 5.97 Å². The van der Waals surface area contributed by atoms with Crippen LogP contribution in [0.3, 0.4) is 0 Å². The lowest BCUT2D eigenvalue weighted by Crippen LogP contribution is -2.12. The number of aliphatic carboxylic acids is 1. The largest absolute Gasteiger partial charge is 0.481 e. The Balaban J connectivity index is 2.56. The van der Waals surface area contributed by atoms with E-state index >= 15 is 0 Å². The molecule has 0 aromatic heterocycles. The minimum Gasteiger partial charge on any atom is -0.481 e. The van der Waals surface area contributed by atoms with Gasteiger partial charge in [-0.25, -0.2) is 4.99 Å². The monoisotopic (exact) mass is 192 g/mol. The minimum absolute atomic E-state index is 0.0160. The summed E-state index contributed by atoms with van der Waals surface area (Å²) in [6, 6.07) is 9.21. The van der Waals surface area contributed by atoms with E-state index in [1.165, 1.54) is 0 Å². The van der Waals surface area contributed by atoms with E-state index < -0.39 is 5.97 Å². The Hall–Kier alpha value is -1.84. The van der Waals surface area contributed by atoms with Crippen molar-refractivity contribution in [2.45, 2.75) is 12.8 Å². The van der Waals surface area contributed by atoms with E-state index in [4.69, 9.17) is 10.8 Å². The quantitative estimate of drug-likeness (QED) is 0.561. The molecule has 0 aliphatic heterocycles. The van der Waals surface area contributed by atoms with Crippen molar-refractivity contribution in [2.24, 2.45) is 10.7 Å². The van der Waals surface area contributed by atoms with Crippen LogP contribution in [0.15, 0.2) is 35.3 Å². The second-order valence-corrected chi connectivity index (χ2v) is 2.83. The predicted molar refractivity (Wildman–Crippen MR) is 54.6 cm³/mol. The highest BCUT2D eigenvalue weighted by Crippen LogP contribution is 2.09. The normalized spacial score (nSPS) is 11.3. The van der Waals surface area contributed by atoms with Gasteiger partial charge in [-0.1, -0.05) is 18.2 Å². The number of para-hydroxylation sites is 1. The molecule has 3 N–H and O–H groups in total. The first-order valence-electron chi connectivity index (χ1n) is 4.28. The Bertz CT molecular complexity index is 333. The number of carboxylic acid groups (broad SMARTS) is 1. The van der Waals surface area contributed by atoms with E-state index in [1.54, 1.807) is 0 Å². The van der Waals surface area contributed by atoms with Crippen LogP contribution in [0.4, 0.5) is 5.69 Å². The standard InChI is InChI=1S/C10H12N2O2/c11-9(6-7-10(13)14)12-8-4-2-1-3-5-8/h1-5H,6-7H2,(H2,11,12)(H,13,14). The fraction of sp³-hybridized carbons (Fsp3) is 0.200. The molecular formula is C10H12N2O2. The molecule has 4 heteroatoms. The van der Waals surface area contributed by atoms with Crippen LogP contribution in [-0.4, -0.2) is 16.9 Å². The van der Waals surface area contributed by atoms with Gasteiger partial charge in [-0.3, -0.25) is 4.79 Å². The van der Waals surface area contributed by atoms with Gasteiger partial charge in [-0.15, -0.1) is 0 Å². The van der Waals surface area contributed by atoms with Gasteiger partial charge in [0.1, 0.15) is 5.84 Å². The average molecular weight is 192 g/mol. The third-order valence-electron chi connectivity index (χ3n) is 1.62. The Kier molecular flexibility index (Phi) is 3.67. The summed E-state index contributed by atoms with van der Waals surface area (Å²) in [6.07, 6.45) is 0.298. The van der Waals surface area contributed by atoms with Crippen LogP contribution >= 0.6 is 0 Å². The zero-order chi connectivity index (χ0) is 10.4. The van der Waals surface area contributed by atoms with Gasteiger partial charge < -0.3 is 10.8 Å². The number of carboxylic acids is 1. The molecule has 0 atom stereocenters. The third-order valence-corrected chi connectivity index (χ3v) is 1.62. The van der Waals surface area contributed by atoms with E-state index in [1.807, 2.05) is 30.3 Å². The zero-order valence-electron chi connectivity index (χ0n) is 7.68. The number of nitrogens with zero attached hydrogens (tertiary/aromatic N) is 1. The van der Waals surface area contributed by atoms with Gasteiger partial charge in [0.15, 0.2) is 0 Å². The van der Waals surface area contributed by atoms with Crippen molar-refractivity contribution in [3.63, 3.8) is 0 Å². The van der Waals surface area contributed by atoms with Crippen LogP contribution in [0.25, 0.3) is 0 Å². The molecule has 0 radical (unpaired) electrons. The first-order valence-corrected chi connectivity index (χ1v) is 4.28. The highest BCUT2D eigenvalue weighted by atomic mass is 16.4. The van der Waals surface area contributed by atoms with Gasteiger partial charge in [-0.2, -0.15) is 0 Å². The molecule has 0 bridgehead atoms. The Morgan fingerprint density at radius 1 is 1.29 bits per heavy atom. The van der Waals surface area contributed by atoms with Crippen LogP contribution in [0.2, 0.25) is 0 Å². The summed E-state index contributed by atoms with van der Waals surface area (Å²) < 4.78 is 0. The second-order valence-electron chi connectivity index (χ2n) is 2.83. The maximum Gasteiger partial charge on any atom is 0.303 e. The number of benzene rings is 1. The van der Waals surface area contributed by atoms with Crippen molar-refractivity contribution in [3.05, 3.63) is 30.3 Å². The number of rotatable bonds is 4. The van der Waals surface area contributed by atoms with Gasteiger partial charge in [0.05, 0.1) is 12.1 Å². The van der Waals surface area contributed by atoms with E-state index in [2.05, 4.69) is 4.99 Å². The first kappa shape index (κ1) is 10.2. The van der Waals surface area contributed by atoms with Crippen LogP contribution in [-0.2, 0) is 4.79 Å². The van der Waals surface area contributed by atoms with Crippen molar-refractivity contribution < 1.29 is 9.90 Å². The highest BCUT2D eigenvalue weighted by molar-refractivity contribution is 5.85. The fourth-order valence-corrected chi connectivity index (χ4v) is 0.959. The molecule has 1 aromatic carbocycles. The summed E-state index contributed by atoms with van der Waals surface area (Å²) in [7, 11) is 0. The lowest BCUT2D eigenvalue weighted by atomic mass is 10.3. The molecule has 1 rings (SSSR count). The van der Waals surface area contributed by atoms with Gasteiger partial charge in [0, 0.05) is 6.42 Å². The molecule has 14 heavy (non-hydrogen) atoms. The number of nitrogens with two attached hydrogens (primary N) is 1. The van der Waals surface area contributed by atoms with E-state index in [-0.39, 0.29) is 12.8 Å². The minimum atomic E-state index is -0.865. The molecule has 1 aromatic rings. The molecule has 0 spiro atoms. The molecule has 0 saturated carbocycles. The molecule has 0 fully saturated rings. The van der Waals surface area contributed by atoms with Gasteiger partial charge in [0.2, 0.25) is 0 Å². The fourth-order valence-electron chi connectivity index (χ4n) is 0.959. The number of aliphatic imine (C=N–C) groups is 1. The van der Waals surface area contributed by atoms with Crippen molar-refractivity contribution in [2.75, 3.05) is 0 Å². The van der Waals surface area contributed by atoms with E-state index in [9.17, 15) is 4.79 Å². The molecule has 0 unspecified atom stereocenters. The second kappa shape index (κ2) is 5.01. The molecule has 74 valence electrons. The molecule has 0 heterocycles. The lowest BCUT2D eigenvalue weighted by molar-refractivity contribution is -0.136. The zero-order valence-corrected chi connectivity index (χ0v) is 7.68. The van der Waals surface area contributed by atoms with Crippen molar-refractivity contribution >= 4 is 17.5 Å². The molecular weight excluding hydrogens is 180 g/mol. The van der Waals surface area contributed by atoms with Crippen molar-refractivity contribution in [1.82, 2.24) is 0 Å².